The minimum absolute atomic E-state index is 0. The van der Waals surface area contributed by atoms with Gasteiger partial charge in [-0.05, 0) is 37.1 Å². The van der Waals surface area contributed by atoms with Gasteiger partial charge < -0.3 is 20.9 Å². The number of ether oxygens (including phenoxy) is 1. The number of benzene rings is 1. The molecule has 1 aromatic carbocycles. The summed E-state index contributed by atoms with van der Waals surface area (Å²) in [7, 11) is 0. The molecule has 2 rings (SSSR count). The summed E-state index contributed by atoms with van der Waals surface area (Å²) in [6, 6.07) is 5.14. The first-order chi connectivity index (χ1) is 10.3. The number of hydrogen-bond donors (Lipinski definition) is 3. The third kappa shape index (κ3) is 6.81. The van der Waals surface area contributed by atoms with Gasteiger partial charge in [0.25, 0.3) is 0 Å². The first-order valence-electron chi connectivity index (χ1n) is 6.91. The third-order valence-electron chi connectivity index (χ3n) is 3.44. The predicted molar refractivity (Wildman–Crippen MR) is 92.1 cm³/mol. The summed E-state index contributed by atoms with van der Waals surface area (Å²) in [5, 5.41) is 12.9. The first kappa shape index (κ1) is 19.8. The second-order valence-electron chi connectivity index (χ2n) is 5.33. The molecule has 0 aromatic heterocycles. The van der Waals surface area contributed by atoms with Crippen molar-refractivity contribution in [3.63, 3.8) is 0 Å². The molecule has 0 bridgehead atoms. The fourth-order valence-electron chi connectivity index (χ4n) is 2.35. The maximum absolute atomic E-state index is 12.0. The number of nitrogens with zero attached hydrogens (tertiary/aromatic N) is 1. The van der Waals surface area contributed by atoms with Gasteiger partial charge in [0.2, 0.25) is 0 Å². The van der Waals surface area contributed by atoms with E-state index in [0.717, 1.165) is 12.8 Å². The van der Waals surface area contributed by atoms with Crippen molar-refractivity contribution in [2.24, 2.45) is 10.7 Å². The average Bonchev–Trinajstić information content (AvgIpc) is 2.85. The van der Waals surface area contributed by atoms with E-state index in [-0.39, 0.29) is 42.2 Å². The van der Waals surface area contributed by atoms with Crippen molar-refractivity contribution >= 4 is 35.6 Å². The third-order valence-corrected chi connectivity index (χ3v) is 3.44. The van der Waals surface area contributed by atoms with Gasteiger partial charge in [-0.3, -0.25) is 4.99 Å². The zero-order chi connectivity index (χ0) is 16.2. The van der Waals surface area contributed by atoms with Crippen LogP contribution in [-0.4, -0.2) is 29.6 Å². The van der Waals surface area contributed by atoms with E-state index in [2.05, 4.69) is 15.0 Å². The number of rotatable bonds is 4. The first-order valence-corrected chi connectivity index (χ1v) is 6.91. The summed E-state index contributed by atoms with van der Waals surface area (Å²) in [5.74, 6) is -0.210. The summed E-state index contributed by atoms with van der Waals surface area (Å²) >= 11 is 0. The molecule has 1 aliphatic rings. The Labute approximate surface area is 149 Å². The molecule has 0 heterocycles. The van der Waals surface area contributed by atoms with Crippen molar-refractivity contribution in [2.75, 3.05) is 11.9 Å². The van der Waals surface area contributed by atoms with Gasteiger partial charge in [0.05, 0.1) is 12.1 Å². The molecule has 0 atom stereocenters. The van der Waals surface area contributed by atoms with Crippen LogP contribution in [0.15, 0.2) is 29.3 Å². The number of nitrogens with one attached hydrogen (secondary N) is 1. The van der Waals surface area contributed by atoms with Crippen LogP contribution in [0.1, 0.15) is 25.7 Å². The van der Waals surface area contributed by atoms with E-state index in [1.807, 2.05) is 0 Å². The van der Waals surface area contributed by atoms with E-state index >= 15 is 0 Å². The Balaban J connectivity index is 0.00000264. The van der Waals surface area contributed by atoms with E-state index in [0.29, 0.717) is 18.5 Å². The molecule has 23 heavy (non-hydrogen) atoms. The van der Waals surface area contributed by atoms with Crippen LogP contribution in [0, 0.1) is 0 Å². The Morgan fingerprint density at radius 2 is 1.83 bits per heavy atom. The molecular weight excluding hydrogens is 426 g/mol. The molecule has 1 saturated carbocycles. The number of guanidine groups is 1. The summed E-state index contributed by atoms with van der Waals surface area (Å²) in [6.07, 6.45) is -1.37. The highest BCUT2D eigenvalue weighted by Crippen LogP contribution is 2.29. The molecular formula is C14H19F3IN3O2. The fraction of sp³-hybridized carbons (Fsp3) is 0.500. The molecule has 0 amide bonds. The SMILES string of the molecule is I.NC(=NCC1(O)CCCC1)Nc1ccc(OC(F)(F)F)cc1. The van der Waals surface area contributed by atoms with Crippen molar-refractivity contribution in [3.05, 3.63) is 24.3 Å². The topological polar surface area (TPSA) is 79.9 Å². The van der Waals surface area contributed by atoms with Crippen LogP contribution >= 0.6 is 24.0 Å². The van der Waals surface area contributed by atoms with Crippen molar-refractivity contribution in [2.45, 2.75) is 37.6 Å². The molecule has 5 nitrogen and oxygen atoms in total. The molecule has 0 unspecified atom stereocenters. The molecule has 0 spiro atoms. The van der Waals surface area contributed by atoms with E-state index in [9.17, 15) is 18.3 Å². The van der Waals surface area contributed by atoms with E-state index < -0.39 is 12.0 Å². The molecule has 4 N–H and O–H groups in total. The van der Waals surface area contributed by atoms with Crippen LogP contribution in [0.2, 0.25) is 0 Å². The molecule has 0 radical (unpaired) electrons. The lowest BCUT2D eigenvalue weighted by molar-refractivity contribution is -0.274. The van der Waals surface area contributed by atoms with Crippen LogP contribution < -0.4 is 15.8 Å². The highest BCUT2D eigenvalue weighted by atomic mass is 127. The summed E-state index contributed by atoms with van der Waals surface area (Å²) in [5.41, 5.74) is 5.38. The lowest BCUT2D eigenvalue weighted by Gasteiger charge is -2.19. The Morgan fingerprint density at radius 3 is 2.35 bits per heavy atom. The minimum Gasteiger partial charge on any atom is -0.406 e. The molecule has 0 aliphatic heterocycles. The minimum atomic E-state index is -4.72. The Morgan fingerprint density at radius 1 is 1.26 bits per heavy atom. The Kier molecular flexibility index (Phi) is 6.93. The Bertz CT molecular complexity index is 529. The number of aliphatic imine (C=N–C) groups is 1. The number of hydrogen-bond acceptors (Lipinski definition) is 3. The molecule has 130 valence electrons. The van der Waals surface area contributed by atoms with Crippen molar-refractivity contribution in [3.8, 4) is 5.75 Å². The fourth-order valence-corrected chi connectivity index (χ4v) is 2.35. The van der Waals surface area contributed by atoms with Crippen molar-refractivity contribution in [1.82, 2.24) is 0 Å². The molecule has 0 saturated heterocycles. The number of anilines is 1. The number of nitrogens with two attached hydrogens (primary N) is 1. The van der Waals surface area contributed by atoms with Crippen LogP contribution in [0.25, 0.3) is 0 Å². The van der Waals surface area contributed by atoms with Gasteiger partial charge in [0.15, 0.2) is 5.96 Å². The monoisotopic (exact) mass is 445 g/mol. The molecule has 9 heteroatoms. The van der Waals surface area contributed by atoms with Crippen LogP contribution in [0.3, 0.4) is 0 Å². The van der Waals surface area contributed by atoms with Crippen LogP contribution in [0.5, 0.6) is 5.75 Å². The van der Waals surface area contributed by atoms with E-state index in [1.165, 1.54) is 24.3 Å². The normalized spacial score (nSPS) is 17.5. The lowest BCUT2D eigenvalue weighted by atomic mass is 10.0. The Hall–Kier alpha value is -1.23. The van der Waals surface area contributed by atoms with Gasteiger partial charge in [-0.15, -0.1) is 37.1 Å². The second-order valence-corrected chi connectivity index (χ2v) is 5.33. The van der Waals surface area contributed by atoms with Crippen molar-refractivity contribution < 1.29 is 23.0 Å². The van der Waals surface area contributed by atoms with Gasteiger partial charge in [-0.2, -0.15) is 0 Å². The maximum Gasteiger partial charge on any atom is 0.573 e. The zero-order valence-corrected chi connectivity index (χ0v) is 14.6. The standard InChI is InChI=1S/C14H18F3N3O2.HI/c15-14(16,17)22-11-5-3-10(4-6-11)20-12(18)19-9-13(21)7-1-2-8-13;/h3-6,21H,1-2,7-9H2,(H3,18,19,20);1H. The van der Waals surface area contributed by atoms with Gasteiger partial charge in [-0.25, -0.2) is 0 Å². The predicted octanol–water partition coefficient (Wildman–Crippen LogP) is 3.23. The molecule has 1 aromatic rings. The number of alkyl halides is 3. The van der Waals surface area contributed by atoms with Gasteiger partial charge in [0.1, 0.15) is 5.75 Å². The number of halogens is 4. The highest BCUT2D eigenvalue weighted by Gasteiger charge is 2.31. The summed E-state index contributed by atoms with van der Waals surface area (Å²) < 4.78 is 39.9. The smallest absolute Gasteiger partial charge is 0.406 e. The van der Waals surface area contributed by atoms with E-state index in [1.54, 1.807) is 0 Å². The second kappa shape index (κ2) is 8.04. The maximum atomic E-state index is 12.0. The quantitative estimate of drug-likeness (QED) is 0.378. The summed E-state index contributed by atoms with van der Waals surface area (Å²) in [6.45, 7) is 0.209. The van der Waals surface area contributed by atoms with Gasteiger partial charge in [-0.1, -0.05) is 12.8 Å². The lowest BCUT2D eigenvalue weighted by Crippen LogP contribution is -2.31. The molecule has 1 fully saturated rings. The van der Waals surface area contributed by atoms with Crippen LogP contribution in [-0.2, 0) is 0 Å². The van der Waals surface area contributed by atoms with Gasteiger partial charge >= 0.3 is 6.36 Å². The van der Waals surface area contributed by atoms with Crippen LogP contribution in [0.4, 0.5) is 18.9 Å². The zero-order valence-electron chi connectivity index (χ0n) is 12.3. The highest BCUT2D eigenvalue weighted by molar-refractivity contribution is 14.0. The van der Waals surface area contributed by atoms with Gasteiger partial charge in [0, 0.05) is 5.69 Å². The van der Waals surface area contributed by atoms with E-state index in [4.69, 9.17) is 5.73 Å². The summed E-state index contributed by atoms with van der Waals surface area (Å²) in [4.78, 5) is 4.08. The molecule has 1 aliphatic carbocycles. The average molecular weight is 445 g/mol. The number of aliphatic hydroxyl groups is 1. The largest absolute Gasteiger partial charge is 0.573 e. The van der Waals surface area contributed by atoms with Crippen molar-refractivity contribution in [1.29, 1.82) is 0 Å².